The van der Waals surface area contributed by atoms with E-state index in [2.05, 4.69) is 27.7 Å². The topological polar surface area (TPSA) is 46.1 Å². The van der Waals surface area contributed by atoms with Crippen LogP contribution in [-0.4, -0.2) is 38.1 Å². The number of thioether (sulfide) groups is 1. The summed E-state index contributed by atoms with van der Waals surface area (Å²) in [6, 6.07) is 8.49. The van der Waals surface area contributed by atoms with Gasteiger partial charge in [-0.2, -0.15) is 0 Å². The predicted molar refractivity (Wildman–Crippen MR) is 104 cm³/mol. The van der Waals surface area contributed by atoms with Gasteiger partial charge in [0.05, 0.1) is 10.8 Å². The Morgan fingerprint density at radius 3 is 2.32 bits per heavy atom. The molecular formula is C20H27N3OS. The highest BCUT2D eigenvalue weighted by Crippen LogP contribution is 2.40. The molecule has 1 aromatic heterocycles. The standard InChI is InChI=1S/C20H27N3OS/c1-12(2)23(13(3)4)20(24)14(5)25-19-16-8-6-7-9-17(16)21-18(22-19)15-10-11-15/h6-9,12-15H,10-11H2,1-5H3/t14-/m0/s1. The first-order chi connectivity index (χ1) is 11.9. The number of hydrogen-bond donors (Lipinski definition) is 0. The molecule has 1 aliphatic rings. The molecule has 1 atom stereocenters. The molecule has 1 saturated carbocycles. The van der Waals surface area contributed by atoms with Crippen LogP contribution in [0.25, 0.3) is 10.9 Å². The second kappa shape index (κ2) is 7.32. The predicted octanol–water partition coefficient (Wildman–Crippen LogP) is 4.63. The van der Waals surface area contributed by atoms with Gasteiger partial charge in [-0.25, -0.2) is 9.97 Å². The Kier molecular flexibility index (Phi) is 5.32. The molecule has 4 nitrogen and oxygen atoms in total. The van der Waals surface area contributed by atoms with Gasteiger partial charge in [-0.05, 0) is 53.5 Å². The second-order valence-electron chi connectivity index (χ2n) is 7.37. The van der Waals surface area contributed by atoms with E-state index in [1.54, 1.807) is 11.8 Å². The number of amides is 1. The molecule has 0 unspecified atom stereocenters. The summed E-state index contributed by atoms with van der Waals surface area (Å²) < 4.78 is 0. The summed E-state index contributed by atoms with van der Waals surface area (Å²) in [5, 5.41) is 1.80. The molecule has 134 valence electrons. The van der Waals surface area contributed by atoms with Gasteiger partial charge in [0.1, 0.15) is 10.9 Å². The van der Waals surface area contributed by atoms with E-state index in [1.165, 1.54) is 12.8 Å². The minimum Gasteiger partial charge on any atom is -0.337 e. The Morgan fingerprint density at radius 2 is 1.72 bits per heavy atom. The molecule has 25 heavy (non-hydrogen) atoms. The number of aromatic nitrogens is 2. The van der Waals surface area contributed by atoms with Crippen LogP contribution in [0.4, 0.5) is 0 Å². The number of nitrogens with zero attached hydrogens (tertiary/aromatic N) is 3. The Balaban J connectivity index is 1.90. The first-order valence-electron chi connectivity index (χ1n) is 9.14. The van der Waals surface area contributed by atoms with Crippen molar-refractivity contribution in [3.63, 3.8) is 0 Å². The Bertz CT molecular complexity index is 763. The zero-order chi connectivity index (χ0) is 18.1. The molecule has 0 spiro atoms. The van der Waals surface area contributed by atoms with Crippen molar-refractivity contribution in [2.75, 3.05) is 0 Å². The van der Waals surface area contributed by atoms with Gasteiger partial charge < -0.3 is 4.90 Å². The van der Waals surface area contributed by atoms with Gasteiger partial charge in [0.25, 0.3) is 0 Å². The molecule has 2 aromatic rings. The van der Waals surface area contributed by atoms with Gasteiger partial charge in [-0.15, -0.1) is 0 Å². The van der Waals surface area contributed by atoms with Crippen LogP contribution in [0.15, 0.2) is 29.3 Å². The van der Waals surface area contributed by atoms with E-state index in [0.29, 0.717) is 5.92 Å². The van der Waals surface area contributed by atoms with Crippen LogP contribution in [0.3, 0.4) is 0 Å². The van der Waals surface area contributed by atoms with E-state index in [1.807, 2.05) is 36.1 Å². The van der Waals surface area contributed by atoms with E-state index in [-0.39, 0.29) is 23.2 Å². The van der Waals surface area contributed by atoms with Crippen molar-refractivity contribution in [3.05, 3.63) is 30.1 Å². The highest BCUT2D eigenvalue weighted by atomic mass is 32.2. The summed E-state index contributed by atoms with van der Waals surface area (Å²) >= 11 is 1.56. The van der Waals surface area contributed by atoms with E-state index in [9.17, 15) is 4.79 Å². The van der Waals surface area contributed by atoms with Gasteiger partial charge in [0.15, 0.2) is 0 Å². The fourth-order valence-electron chi connectivity index (χ4n) is 3.21. The van der Waals surface area contributed by atoms with Crippen LogP contribution in [0.2, 0.25) is 0 Å². The molecule has 0 saturated heterocycles. The fraction of sp³-hybridized carbons (Fsp3) is 0.550. The zero-order valence-electron chi connectivity index (χ0n) is 15.7. The average Bonchev–Trinajstić information content (AvgIpc) is 3.38. The summed E-state index contributed by atoms with van der Waals surface area (Å²) in [5.41, 5.74) is 0.978. The number of rotatable bonds is 6. The van der Waals surface area contributed by atoms with E-state index < -0.39 is 0 Å². The maximum absolute atomic E-state index is 13.0. The molecule has 1 heterocycles. The van der Waals surface area contributed by atoms with Crippen molar-refractivity contribution in [2.45, 2.75) is 75.7 Å². The summed E-state index contributed by atoms with van der Waals surface area (Å²) in [6.07, 6.45) is 2.34. The Morgan fingerprint density at radius 1 is 1.08 bits per heavy atom. The van der Waals surface area contributed by atoms with Gasteiger partial charge in [0.2, 0.25) is 5.91 Å². The molecule has 1 fully saturated rings. The quantitative estimate of drug-likeness (QED) is 0.558. The van der Waals surface area contributed by atoms with Crippen LogP contribution in [-0.2, 0) is 4.79 Å². The average molecular weight is 358 g/mol. The molecule has 0 aliphatic heterocycles. The van der Waals surface area contributed by atoms with Gasteiger partial charge in [-0.3, -0.25) is 4.79 Å². The first-order valence-corrected chi connectivity index (χ1v) is 10.0. The number of hydrogen-bond acceptors (Lipinski definition) is 4. The molecular weight excluding hydrogens is 330 g/mol. The summed E-state index contributed by atoms with van der Waals surface area (Å²) in [4.78, 5) is 24.5. The van der Waals surface area contributed by atoms with Crippen LogP contribution in [0.5, 0.6) is 0 Å². The van der Waals surface area contributed by atoms with Crippen molar-refractivity contribution < 1.29 is 4.79 Å². The third kappa shape index (κ3) is 3.97. The van der Waals surface area contributed by atoms with Crippen LogP contribution >= 0.6 is 11.8 Å². The van der Waals surface area contributed by atoms with E-state index in [4.69, 9.17) is 9.97 Å². The summed E-state index contributed by atoms with van der Waals surface area (Å²) in [6.45, 7) is 10.3. The smallest absolute Gasteiger partial charge is 0.236 e. The minimum atomic E-state index is -0.171. The lowest BCUT2D eigenvalue weighted by atomic mass is 10.2. The molecule has 1 aliphatic carbocycles. The third-order valence-electron chi connectivity index (χ3n) is 4.53. The van der Waals surface area contributed by atoms with Crippen LogP contribution in [0.1, 0.15) is 59.2 Å². The van der Waals surface area contributed by atoms with Gasteiger partial charge in [-0.1, -0.05) is 30.0 Å². The molecule has 3 rings (SSSR count). The lowest BCUT2D eigenvalue weighted by Gasteiger charge is -2.32. The normalized spacial score (nSPS) is 15.8. The molecule has 1 aromatic carbocycles. The minimum absolute atomic E-state index is 0.171. The molecule has 0 bridgehead atoms. The maximum Gasteiger partial charge on any atom is 0.236 e. The lowest BCUT2D eigenvalue weighted by Crippen LogP contribution is -2.45. The fourth-order valence-corrected chi connectivity index (χ4v) is 4.21. The van der Waals surface area contributed by atoms with Crippen molar-refractivity contribution in [1.29, 1.82) is 0 Å². The van der Waals surface area contributed by atoms with Crippen molar-refractivity contribution in [3.8, 4) is 0 Å². The van der Waals surface area contributed by atoms with Crippen molar-refractivity contribution >= 4 is 28.6 Å². The third-order valence-corrected chi connectivity index (χ3v) is 5.62. The number of fused-ring (bicyclic) bond motifs is 1. The monoisotopic (exact) mass is 357 g/mol. The first kappa shape index (κ1) is 18.2. The van der Waals surface area contributed by atoms with Gasteiger partial charge in [0, 0.05) is 23.4 Å². The Hall–Kier alpha value is -1.62. The van der Waals surface area contributed by atoms with Crippen LogP contribution in [0, 0.1) is 0 Å². The Labute approximate surface area is 154 Å². The molecule has 0 radical (unpaired) electrons. The van der Waals surface area contributed by atoms with E-state index >= 15 is 0 Å². The number of benzene rings is 1. The second-order valence-corrected chi connectivity index (χ2v) is 8.70. The highest BCUT2D eigenvalue weighted by molar-refractivity contribution is 8.00. The lowest BCUT2D eigenvalue weighted by molar-refractivity contribution is -0.133. The van der Waals surface area contributed by atoms with Crippen molar-refractivity contribution in [2.24, 2.45) is 0 Å². The van der Waals surface area contributed by atoms with Gasteiger partial charge >= 0.3 is 0 Å². The molecule has 1 amide bonds. The maximum atomic E-state index is 13.0. The van der Waals surface area contributed by atoms with Crippen molar-refractivity contribution in [1.82, 2.24) is 14.9 Å². The number of carbonyl (C=O) groups is 1. The highest BCUT2D eigenvalue weighted by Gasteiger charge is 2.30. The van der Waals surface area contributed by atoms with Crippen LogP contribution < -0.4 is 0 Å². The largest absolute Gasteiger partial charge is 0.337 e. The zero-order valence-corrected chi connectivity index (χ0v) is 16.5. The molecule has 0 N–H and O–H groups in total. The number of carbonyl (C=O) groups excluding carboxylic acids is 1. The van der Waals surface area contributed by atoms with E-state index in [0.717, 1.165) is 21.8 Å². The SMILES string of the molecule is CC(C)N(C(=O)[C@H](C)Sc1nc(C2CC2)nc2ccccc12)C(C)C. The molecule has 5 heteroatoms. The summed E-state index contributed by atoms with van der Waals surface area (Å²) in [5.74, 6) is 1.61. The summed E-state index contributed by atoms with van der Waals surface area (Å²) in [7, 11) is 0. The number of para-hydroxylation sites is 1.